The molecule has 0 fully saturated rings. The second kappa shape index (κ2) is 6.30. The highest BCUT2D eigenvalue weighted by Gasteiger charge is 2.15. The summed E-state index contributed by atoms with van der Waals surface area (Å²) in [4.78, 5) is 0. The first-order chi connectivity index (χ1) is 12.1. The number of fused-ring (bicyclic) bond motifs is 1. The van der Waals surface area contributed by atoms with Crippen molar-refractivity contribution in [3.63, 3.8) is 0 Å². The predicted octanol–water partition coefficient (Wildman–Crippen LogP) is 4.02. The third-order valence-corrected chi connectivity index (χ3v) is 6.34. The number of ether oxygens (including phenoxy) is 2. The van der Waals surface area contributed by atoms with Gasteiger partial charge in [-0.15, -0.1) is 11.3 Å². The highest BCUT2D eigenvalue weighted by atomic mass is 32.2. The molecule has 0 bridgehead atoms. The summed E-state index contributed by atoms with van der Waals surface area (Å²) in [5.74, 6) is 1.43. The van der Waals surface area contributed by atoms with Gasteiger partial charge in [0.1, 0.15) is 4.21 Å². The van der Waals surface area contributed by atoms with E-state index in [-0.39, 0.29) is 11.0 Å². The fourth-order valence-corrected chi connectivity index (χ4v) is 4.44. The van der Waals surface area contributed by atoms with Crippen LogP contribution in [0.1, 0.15) is 0 Å². The Morgan fingerprint density at radius 1 is 0.880 bits per heavy atom. The van der Waals surface area contributed by atoms with Crippen LogP contribution in [0.2, 0.25) is 0 Å². The maximum absolute atomic E-state index is 12.2. The number of rotatable bonds is 5. The molecule has 6 nitrogen and oxygen atoms in total. The van der Waals surface area contributed by atoms with Crippen LogP contribution in [-0.4, -0.2) is 15.2 Å². The van der Waals surface area contributed by atoms with E-state index in [1.54, 1.807) is 41.8 Å². The molecular formula is C17H14N2O4S2. The number of hydrogen-bond acceptors (Lipinski definition) is 6. The number of nitrogens with one attached hydrogen (secondary N) is 2. The monoisotopic (exact) mass is 374 g/mol. The van der Waals surface area contributed by atoms with Gasteiger partial charge in [-0.2, -0.15) is 0 Å². The Kier molecular flexibility index (Phi) is 3.98. The number of thiophene rings is 1. The zero-order valence-corrected chi connectivity index (χ0v) is 14.6. The van der Waals surface area contributed by atoms with Gasteiger partial charge in [0.15, 0.2) is 11.5 Å². The lowest BCUT2D eigenvalue weighted by atomic mass is 10.2. The Labute approximate surface area is 149 Å². The van der Waals surface area contributed by atoms with Crippen molar-refractivity contribution in [2.24, 2.45) is 0 Å². The van der Waals surface area contributed by atoms with Crippen molar-refractivity contribution >= 4 is 38.4 Å². The van der Waals surface area contributed by atoms with Crippen LogP contribution in [0.3, 0.4) is 0 Å². The van der Waals surface area contributed by atoms with Gasteiger partial charge >= 0.3 is 0 Å². The van der Waals surface area contributed by atoms with Gasteiger partial charge in [0.05, 0.1) is 0 Å². The molecule has 25 heavy (non-hydrogen) atoms. The van der Waals surface area contributed by atoms with Crippen molar-refractivity contribution in [2.45, 2.75) is 4.21 Å². The highest BCUT2D eigenvalue weighted by Crippen LogP contribution is 2.35. The number of anilines is 3. The quantitative estimate of drug-likeness (QED) is 0.705. The zero-order chi connectivity index (χ0) is 17.3. The third kappa shape index (κ3) is 3.40. The second-order valence-corrected chi connectivity index (χ2v) is 8.16. The summed E-state index contributed by atoms with van der Waals surface area (Å²) in [5, 5.41) is 4.97. The molecule has 1 aliphatic rings. The molecule has 3 aromatic rings. The zero-order valence-electron chi connectivity index (χ0n) is 12.9. The van der Waals surface area contributed by atoms with Crippen LogP contribution in [-0.2, 0) is 10.0 Å². The van der Waals surface area contributed by atoms with Crippen LogP contribution in [0.4, 0.5) is 17.1 Å². The first-order valence-corrected chi connectivity index (χ1v) is 9.79. The standard InChI is InChI=1S/C17H14N2O4S2/c20-25(21,17-2-1-9-24-17)19-13-5-3-12(4-6-13)18-14-7-8-15-16(10-14)23-11-22-15/h1-10,18-19H,11H2. The average molecular weight is 374 g/mol. The first kappa shape index (κ1) is 15.8. The van der Waals surface area contributed by atoms with E-state index >= 15 is 0 Å². The summed E-state index contributed by atoms with van der Waals surface area (Å²) < 4.78 is 37.9. The molecule has 4 rings (SSSR count). The molecule has 0 unspecified atom stereocenters. The Morgan fingerprint density at radius 2 is 1.60 bits per heavy atom. The predicted molar refractivity (Wildman–Crippen MR) is 97.4 cm³/mol. The Balaban J connectivity index is 1.47. The third-order valence-electron chi connectivity index (χ3n) is 3.56. The Bertz CT molecular complexity index is 984. The summed E-state index contributed by atoms with van der Waals surface area (Å²) in [7, 11) is -3.53. The van der Waals surface area contributed by atoms with Crippen LogP contribution in [0, 0.1) is 0 Å². The molecule has 1 aromatic heterocycles. The van der Waals surface area contributed by atoms with Crippen LogP contribution < -0.4 is 19.5 Å². The molecule has 2 aromatic carbocycles. The number of sulfonamides is 1. The molecule has 2 heterocycles. The van der Waals surface area contributed by atoms with E-state index in [4.69, 9.17) is 9.47 Å². The number of benzene rings is 2. The maximum atomic E-state index is 12.2. The molecule has 0 amide bonds. The molecule has 0 saturated carbocycles. The van der Waals surface area contributed by atoms with Crippen molar-refractivity contribution in [3.8, 4) is 11.5 Å². The second-order valence-electron chi connectivity index (χ2n) is 5.31. The van der Waals surface area contributed by atoms with E-state index in [0.29, 0.717) is 11.4 Å². The first-order valence-electron chi connectivity index (χ1n) is 7.43. The van der Waals surface area contributed by atoms with Gasteiger partial charge < -0.3 is 14.8 Å². The van der Waals surface area contributed by atoms with Gasteiger partial charge in [-0.1, -0.05) is 6.07 Å². The Morgan fingerprint density at radius 3 is 2.36 bits per heavy atom. The normalized spacial score (nSPS) is 12.8. The summed E-state index contributed by atoms with van der Waals surface area (Å²) in [6, 6.07) is 15.9. The van der Waals surface area contributed by atoms with Gasteiger partial charge in [0, 0.05) is 23.1 Å². The van der Waals surface area contributed by atoms with Crippen LogP contribution >= 0.6 is 11.3 Å². The average Bonchev–Trinajstić information content (AvgIpc) is 3.28. The molecular weight excluding hydrogens is 360 g/mol. The van der Waals surface area contributed by atoms with Gasteiger partial charge in [0.2, 0.25) is 6.79 Å². The largest absolute Gasteiger partial charge is 0.454 e. The van der Waals surface area contributed by atoms with Crippen molar-refractivity contribution in [1.29, 1.82) is 0 Å². The fourth-order valence-electron chi connectivity index (χ4n) is 2.38. The molecule has 0 spiro atoms. The smallest absolute Gasteiger partial charge is 0.271 e. The molecule has 1 aliphatic heterocycles. The number of hydrogen-bond donors (Lipinski definition) is 2. The van der Waals surface area contributed by atoms with Crippen molar-refractivity contribution < 1.29 is 17.9 Å². The lowest BCUT2D eigenvalue weighted by molar-refractivity contribution is 0.174. The van der Waals surface area contributed by atoms with E-state index in [1.807, 2.05) is 18.2 Å². The van der Waals surface area contributed by atoms with Crippen molar-refractivity contribution in [3.05, 3.63) is 60.0 Å². The minimum Gasteiger partial charge on any atom is -0.454 e. The van der Waals surface area contributed by atoms with E-state index in [1.165, 1.54) is 11.3 Å². The van der Waals surface area contributed by atoms with E-state index in [9.17, 15) is 8.42 Å². The summed E-state index contributed by atoms with van der Waals surface area (Å²) in [6.07, 6.45) is 0. The SMILES string of the molecule is O=S(=O)(Nc1ccc(Nc2ccc3c(c2)OCO3)cc1)c1cccs1. The van der Waals surface area contributed by atoms with Gasteiger partial charge in [-0.05, 0) is 47.8 Å². The van der Waals surface area contributed by atoms with E-state index in [0.717, 1.165) is 17.1 Å². The summed E-state index contributed by atoms with van der Waals surface area (Å²) in [6.45, 7) is 0.234. The highest BCUT2D eigenvalue weighted by molar-refractivity contribution is 7.94. The molecule has 0 saturated heterocycles. The molecule has 128 valence electrons. The van der Waals surface area contributed by atoms with Gasteiger partial charge in [-0.25, -0.2) is 8.42 Å². The molecule has 0 radical (unpaired) electrons. The van der Waals surface area contributed by atoms with Gasteiger partial charge in [-0.3, -0.25) is 4.72 Å². The fraction of sp³-hybridized carbons (Fsp3) is 0.0588. The van der Waals surface area contributed by atoms with Crippen LogP contribution in [0.25, 0.3) is 0 Å². The maximum Gasteiger partial charge on any atom is 0.271 e. The van der Waals surface area contributed by atoms with Crippen molar-refractivity contribution in [2.75, 3.05) is 16.8 Å². The Hall–Kier alpha value is -2.71. The van der Waals surface area contributed by atoms with Crippen molar-refractivity contribution in [1.82, 2.24) is 0 Å². The summed E-state index contributed by atoms with van der Waals surface area (Å²) >= 11 is 1.18. The molecule has 8 heteroatoms. The van der Waals surface area contributed by atoms with E-state index < -0.39 is 10.0 Å². The molecule has 0 aliphatic carbocycles. The topological polar surface area (TPSA) is 76.7 Å². The minimum atomic E-state index is -3.53. The summed E-state index contributed by atoms with van der Waals surface area (Å²) in [5.41, 5.74) is 2.19. The van der Waals surface area contributed by atoms with Gasteiger partial charge in [0.25, 0.3) is 10.0 Å². The van der Waals surface area contributed by atoms with E-state index in [2.05, 4.69) is 10.0 Å². The molecule has 0 atom stereocenters. The lowest BCUT2D eigenvalue weighted by Gasteiger charge is -2.10. The molecule has 2 N–H and O–H groups in total. The lowest BCUT2D eigenvalue weighted by Crippen LogP contribution is -2.11. The minimum absolute atomic E-state index is 0.234. The van der Waals surface area contributed by atoms with Crippen LogP contribution in [0.15, 0.2) is 64.2 Å². The van der Waals surface area contributed by atoms with Crippen LogP contribution in [0.5, 0.6) is 11.5 Å².